The number of hydrogen-bond acceptors (Lipinski definition) is 2. The third kappa shape index (κ3) is 3.01. The average Bonchev–Trinajstić information content (AvgIpc) is 3.26. The summed E-state index contributed by atoms with van der Waals surface area (Å²) in [6.07, 6.45) is 0.345. The van der Waals surface area contributed by atoms with Crippen LogP contribution in [0.5, 0.6) is 0 Å². The van der Waals surface area contributed by atoms with Crippen molar-refractivity contribution in [3.63, 3.8) is 0 Å². The number of halogens is 3. The van der Waals surface area contributed by atoms with Crippen molar-refractivity contribution >= 4 is 5.69 Å². The van der Waals surface area contributed by atoms with Crippen LogP contribution in [0.25, 0.3) is 16.1 Å². The van der Waals surface area contributed by atoms with Gasteiger partial charge in [0.15, 0.2) is 0 Å². The van der Waals surface area contributed by atoms with Gasteiger partial charge in [0.05, 0.1) is 17.8 Å². The zero-order valence-electron chi connectivity index (χ0n) is 14.3. The number of benzene rings is 1. The Balaban J connectivity index is 1.92. The van der Waals surface area contributed by atoms with Crippen LogP contribution in [0.1, 0.15) is 24.8 Å². The maximum absolute atomic E-state index is 13.4. The van der Waals surface area contributed by atoms with Crippen LogP contribution < -0.4 is 11.0 Å². The van der Waals surface area contributed by atoms with Gasteiger partial charge in [-0.3, -0.25) is 10.2 Å². The van der Waals surface area contributed by atoms with E-state index in [1.165, 1.54) is 0 Å². The smallest absolute Gasteiger partial charge is 0.296 e. The predicted molar refractivity (Wildman–Crippen MR) is 95.7 cm³/mol. The first-order valence-corrected chi connectivity index (χ1v) is 8.67. The minimum Gasteiger partial charge on any atom is -0.296 e. The van der Waals surface area contributed by atoms with Gasteiger partial charge in [-0.2, -0.15) is 13.2 Å². The summed E-state index contributed by atoms with van der Waals surface area (Å²) in [4.78, 5) is 15.7. The number of nitrogens with one attached hydrogen (secondary N) is 1. The first-order chi connectivity index (χ1) is 12.9. The Hall–Kier alpha value is -3.01. The molecule has 1 aromatic carbocycles. The molecule has 0 aliphatic heterocycles. The lowest BCUT2D eigenvalue weighted by Gasteiger charge is -2.22. The Bertz CT molecular complexity index is 1020. The van der Waals surface area contributed by atoms with Crippen LogP contribution in [0.2, 0.25) is 0 Å². The van der Waals surface area contributed by atoms with Crippen molar-refractivity contribution < 1.29 is 13.2 Å². The van der Waals surface area contributed by atoms with E-state index in [2.05, 4.69) is 10.3 Å². The van der Waals surface area contributed by atoms with Gasteiger partial charge >= 0.3 is 6.18 Å². The summed E-state index contributed by atoms with van der Waals surface area (Å²) in [6.45, 7) is 7.11. The van der Waals surface area contributed by atoms with Gasteiger partial charge in [-0.15, -0.1) is 0 Å². The van der Waals surface area contributed by atoms with E-state index in [4.69, 9.17) is 6.57 Å². The molecule has 1 saturated carbocycles. The zero-order chi connectivity index (χ0) is 19.2. The Morgan fingerprint density at radius 3 is 2.48 bits per heavy atom. The van der Waals surface area contributed by atoms with E-state index in [1.807, 2.05) is 6.08 Å². The van der Waals surface area contributed by atoms with E-state index in [0.717, 1.165) is 35.7 Å². The Morgan fingerprint density at radius 1 is 1.19 bits per heavy atom. The fraction of sp³-hybridized carbons (Fsp3) is 0.300. The maximum atomic E-state index is 13.4. The number of hydrogen-bond donors (Lipinski definition) is 1. The second-order valence-corrected chi connectivity index (χ2v) is 6.91. The van der Waals surface area contributed by atoms with Crippen molar-refractivity contribution in [2.24, 2.45) is 11.8 Å². The quantitative estimate of drug-likeness (QED) is 0.776. The monoisotopic (exact) mass is 371 g/mol. The summed E-state index contributed by atoms with van der Waals surface area (Å²) in [5.41, 5.74) is 1.31. The van der Waals surface area contributed by atoms with E-state index >= 15 is 0 Å². The molecule has 27 heavy (non-hydrogen) atoms. The molecule has 138 valence electrons. The van der Waals surface area contributed by atoms with Crippen LogP contribution in [0, 0.1) is 18.4 Å². The van der Waals surface area contributed by atoms with Gasteiger partial charge in [0, 0.05) is 17.2 Å². The molecule has 0 amide bonds. The Morgan fingerprint density at radius 2 is 1.93 bits per heavy atom. The molecule has 1 N–H and O–H groups in total. The van der Waals surface area contributed by atoms with Crippen molar-refractivity contribution in [3.05, 3.63) is 75.5 Å². The Kier molecular flexibility index (Phi) is 4.06. The molecule has 2 aliphatic carbocycles. The van der Waals surface area contributed by atoms with Gasteiger partial charge in [0.2, 0.25) is 0 Å². The fourth-order valence-electron chi connectivity index (χ4n) is 3.95. The SMILES string of the molecule is [C-]#[N+]c1c(C(F)(F)F)cc(-c2ccccc2)n(NC2=C[C@@H]3CC[C@H]2C3)c1=O. The summed E-state index contributed by atoms with van der Waals surface area (Å²) < 4.78 is 41.4. The van der Waals surface area contributed by atoms with Crippen LogP contribution in [-0.2, 0) is 6.18 Å². The molecule has 2 bridgehead atoms. The molecule has 0 radical (unpaired) electrons. The highest BCUT2D eigenvalue weighted by molar-refractivity contribution is 5.66. The summed E-state index contributed by atoms with van der Waals surface area (Å²) in [5, 5.41) is 0. The predicted octanol–water partition coefficient (Wildman–Crippen LogP) is 4.94. The number of allylic oxidation sites excluding steroid dienone is 2. The molecular weight excluding hydrogens is 355 g/mol. The van der Waals surface area contributed by atoms with Crippen LogP contribution in [0.15, 0.2) is 53.0 Å². The first kappa shape index (κ1) is 17.4. The number of fused-ring (bicyclic) bond motifs is 2. The standard InChI is InChI=1S/C20H16F3N3O/c1-24-18-15(20(21,22)23)11-17(13-5-3-2-4-6-13)26(19(18)27)25-16-10-12-7-8-14(16)9-12/h2-6,10-12,14,25H,7-9H2/t12-,14+/m1/s1. The molecule has 1 heterocycles. The van der Waals surface area contributed by atoms with Crippen LogP contribution in [0.4, 0.5) is 18.9 Å². The molecule has 2 atom stereocenters. The molecule has 0 spiro atoms. The highest BCUT2D eigenvalue weighted by Gasteiger charge is 2.37. The average molecular weight is 371 g/mol. The first-order valence-electron chi connectivity index (χ1n) is 8.67. The molecule has 2 aromatic rings. The molecule has 0 unspecified atom stereocenters. The van der Waals surface area contributed by atoms with Gasteiger partial charge in [0.1, 0.15) is 0 Å². The van der Waals surface area contributed by atoms with Crippen LogP contribution in [-0.4, -0.2) is 4.68 Å². The minimum absolute atomic E-state index is 0.0870. The normalized spacial score (nSPS) is 21.0. The molecule has 1 fully saturated rings. The number of rotatable bonds is 3. The fourth-order valence-corrected chi connectivity index (χ4v) is 3.95. The second kappa shape index (κ2) is 6.31. The van der Waals surface area contributed by atoms with Gasteiger partial charge in [-0.25, -0.2) is 9.52 Å². The molecule has 0 saturated heterocycles. The van der Waals surface area contributed by atoms with Gasteiger partial charge in [0.25, 0.3) is 11.2 Å². The van der Waals surface area contributed by atoms with E-state index in [1.54, 1.807) is 30.3 Å². The van der Waals surface area contributed by atoms with Crippen LogP contribution >= 0.6 is 0 Å². The van der Waals surface area contributed by atoms with E-state index < -0.39 is 23.0 Å². The highest BCUT2D eigenvalue weighted by Crippen LogP contribution is 2.43. The number of pyridine rings is 1. The maximum Gasteiger partial charge on any atom is 0.407 e. The molecule has 7 heteroatoms. The summed E-state index contributed by atoms with van der Waals surface area (Å²) in [5.74, 6) is 0.729. The summed E-state index contributed by atoms with van der Waals surface area (Å²) in [6, 6.07) is 9.29. The Labute approximate surface area is 153 Å². The molecule has 1 aromatic heterocycles. The number of nitrogens with zero attached hydrogens (tertiary/aromatic N) is 2. The van der Waals surface area contributed by atoms with E-state index in [0.29, 0.717) is 11.5 Å². The zero-order valence-corrected chi connectivity index (χ0v) is 14.3. The van der Waals surface area contributed by atoms with Crippen LogP contribution in [0.3, 0.4) is 0 Å². The van der Waals surface area contributed by atoms with Crippen molar-refractivity contribution in [1.82, 2.24) is 4.68 Å². The lowest BCUT2D eigenvalue weighted by molar-refractivity contribution is -0.136. The lowest BCUT2D eigenvalue weighted by Crippen LogP contribution is -2.32. The lowest BCUT2D eigenvalue weighted by atomic mass is 10.0. The minimum atomic E-state index is -4.78. The van der Waals surface area contributed by atoms with Gasteiger partial charge in [-0.1, -0.05) is 36.4 Å². The molecular formula is C20H16F3N3O. The molecule has 4 rings (SSSR count). The van der Waals surface area contributed by atoms with Crippen molar-refractivity contribution in [2.75, 3.05) is 5.43 Å². The topological polar surface area (TPSA) is 38.4 Å². The largest absolute Gasteiger partial charge is 0.407 e. The number of aromatic nitrogens is 1. The second-order valence-electron chi connectivity index (χ2n) is 6.91. The molecule has 2 aliphatic rings. The summed E-state index contributed by atoms with van der Waals surface area (Å²) in [7, 11) is 0. The third-order valence-electron chi connectivity index (χ3n) is 5.24. The van der Waals surface area contributed by atoms with E-state index in [9.17, 15) is 18.0 Å². The summed E-state index contributed by atoms with van der Waals surface area (Å²) >= 11 is 0. The van der Waals surface area contributed by atoms with Gasteiger partial charge in [-0.05, 0) is 31.2 Å². The molecule has 4 nitrogen and oxygen atoms in total. The van der Waals surface area contributed by atoms with Crippen molar-refractivity contribution in [3.8, 4) is 11.3 Å². The number of alkyl halides is 3. The van der Waals surface area contributed by atoms with Crippen molar-refractivity contribution in [1.29, 1.82) is 0 Å². The van der Waals surface area contributed by atoms with E-state index in [-0.39, 0.29) is 11.6 Å². The van der Waals surface area contributed by atoms with Gasteiger partial charge < -0.3 is 0 Å². The third-order valence-corrected chi connectivity index (χ3v) is 5.24. The highest BCUT2D eigenvalue weighted by atomic mass is 19.4. The van der Waals surface area contributed by atoms with Crippen molar-refractivity contribution in [2.45, 2.75) is 25.4 Å².